The molecule has 0 aliphatic carbocycles. The van der Waals surface area contributed by atoms with E-state index in [-0.39, 0.29) is 16.5 Å². The second kappa shape index (κ2) is 5.82. The summed E-state index contributed by atoms with van der Waals surface area (Å²) in [5.74, 6) is -0.794. The van der Waals surface area contributed by atoms with Crippen LogP contribution in [0.15, 0.2) is 35.2 Å². The number of anilines is 1. The van der Waals surface area contributed by atoms with Crippen LogP contribution in [0.1, 0.15) is 14.5 Å². The maximum Gasteiger partial charge on any atom is 0.263 e. The van der Waals surface area contributed by atoms with Crippen molar-refractivity contribution in [2.75, 3.05) is 11.8 Å². The lowest BCUT2D eigenvalue weighted by Crippen LogP contribution is -2.16. The molecule has 0 fully saturated rings. The molecule has 0 spiro atoms. The number of sulfonamides is 1. The lowest BCUT2D eigenvalue weighted by molar-refractivity contribution is 0.0967. The molecule has 21 heavy (non-hydrogen) atoms. The number of hydrogen-bond acceptors (Lipinski definition) is 4. The molecule has 0 saturated carbocycles. The minimum Gasteiger partial charge on any atom is -0.354 e. The third-order valence-corrected chi connectivity index (χ3v) is 5.40. The molecule has 0 aliphatic heterocycles. The molecule has 0 bridgehead atoms. The molecule has 1 aromatic carbocycles. The van der Waals surface area contributed by atoms with Crippen LogP contribution in [-0.2, 0) is 10.0 Å². The van der Waals surface area contributed by atoms with Gasteiger partial charge in [0, 0.05) is 17.6 Å². The summed E-state index contributed by atoms with van der Waals surface area (Å²) in [5.41, 5.74) is 0.253. The summed E-state index contributed by atoms with van der Waals surface area (Å²) in [4.78, 5) is 12.4. The smallest absolute Gasteiger partial charge is 0.263 e. The van der Waals surface area contributed by atoms with Crippen LogP contribution in [0.5, 0.6) is 0 Å². The van der Waals surface area contributed by atoms with Gasteiger partial charge in [-0.2, -0.15) is 0 Å². The van der Waals surface area contributed by atoms with Gasteiger partial charge in [0.05, 0.1) is 4.88 Å². The normalized spacial score (nSPS) is 11.2. The molecule has 0 aliphatic rings. The second-order valence-corrected chi connectivity index (χ2v) is 7.13. The van der Waals surface area contributed by atoms with Crippen LogP contribution >= 0.6 is 11.3 Å². The van der Waals surface area contributed by atoms with Crippen molar-refractivity contribution in [2.24, 2.45) is 0 Å². The van der Waals surface area contributed by atoms with Crippen LogP contribution in [0.4, 0.5) is 10.1 Å². The van der Waals surface area contributed by atoms with Gasteiger partial charge in [0.15, 0.2) is 0 Å². The molecule has 2 rings (SSSR count). The van der Waals surface area contributed by atoms with Gasteiger partial charge in [-0.05, 0) is 37.3 Å². The molecule has 112 valence electrons. The maximum absolute atomic E-state index is 12.8. The van der Waals surface area contributed by atoms with E-state index in [1.807, 2.05) is 0 Å². The minimum atomic E-state index is -3.82. The van der Waals surface area contributed by atoms with Crippen LogP contribution in [0, 0.1) is 12.7 Å². The van der Waals surface area contributed by atoms with Crippen LogP contribution in [0.2, 0.25) is 0 Å². The second-order valence-electron chi connectivity index (χ2n) is 4.22. The Hall–Kier alpha value is -1.93. The van der Waals surface area contributed by atoms with Crippen molar-refractivity contribution in [3.63, 3.8) is 0 Å². The summed E-state index contributed by atoms with van der Waals surface area (Å²) in [6.45, 7) is 1.62. The van der Waals surface area contributed by atoms with Gasteiger partial charge in [-0.3, -0.25) is 9.52 Å². The first-order valence-electron chi connectivity index (χ1n) is 5.94. The number of carbonyl (C=O) groups excluding carboxylic acids is 1. The number of rotatable bonds is 4. The van der Waals surface area contributed by atoms with Crippen LogP contribution in [-0.4, -0.2) is 21.4 Å². The summed E-state index contributed by atoms with van der Waals surface area (Å²) in [7, 11) is -2.35. The van der Waals surface area contributed by atoms with Gasteiger partial charge in [-0.25, -0.2) is 12.8 Å². The lowest BCUT2D eigenvalue weighted by Gasteiger charge is -2.07. The summed E-state index contributed by atoms with van der Waals surface area (Å²) < 4.78 is 39.8. The van der Waals surface area contributed by atoms with E-state index < -0.39 is 15.8 Å². The fourth-order valence-corrected chi connectivity index (χ4v) is 4.29. The SMILES string of the molecule is CNC(=O)c1cc(S(=O)(=O)Nc2ccc(F)cc2)c(C)s1. The molecule has 2 aromatic rings. The van der Waals surface area contributed by atoms with Gasteiger partial charge >= 0.3 is 0 Å². The van der Waals surface area contributed by atoms with Crippen molar-refractivity contribution in [3.8, 4) is 0 Å². The van der Waals surface area contributed by atoms with Crippen molar-refractivity contribution in [2.45, 2.75) is 11.8 Å². The highest BCUT2D eigenvalue weighted by Gasteiger charge is 2.22. The highest BCUT2D eigenvalue weighted by atomic mass is 32.2. The Labute approximate surface area is 125 Å². The van der Waals surface area contributed by atoms with Gasteiger partial charge in [0.25, 0.3) is 15.9 Å². The molecule has 0 radical (unpaired) electrons. The van der Waals surface area contributed by atoms with Gasteiger partial charge in [0.1, 0.15) is 10.7 Å². The van der Waals surface area contributed by atoms with Gasteiger partial charge in [0.2, 0.25) is 0 Å². The number of halogens is 1. The Kier molecular flexibility index (Phi) is 4.29. The van der Waals surface area contributed by atoms with E-state index in [0.29, 0.717) is 9.75 Å². The Morgan fingerprint density at radius 1 is 1.24 bits per heavy atom. The third-order valence-electron chi connectivity index (χ3n) is 2.71. The van der Waals surface area contributed by atoms with E-state index in [1.165, 1.54) is 25.2 Å². The van der Waals surface area contributed by atoms with E-state index in [9.17, 15) is 17.6 Å². The van der Waals surface area contributed by atoms with E-state index in [4.69, 9.17) is 0 Å². The summed E-state index contributed by atoms with van der Waals surface area (Å²) >= 11 is 1.10. The first-order valence-corrected chi connectivity index (χ1v) is 8.24. The summed E-state index contributed by atoms with van der Waals surface area (Å²) in [6.07, 6.45) is 0. The van der Waals surface area contributed by atoms with Crippen molar-refractivity contribution in [1.29, 1.82) is 0 Å². The number of amides is 1. The van der Waals surface area contributed by atoms with E-state index in [1.54, 1.807) is 6.92 Å². The molecule has 1 amide bonds. The zero-order valence-electron chi connectivity index (χ0n) is 11.3. The highest BCUT2D eigenvalue weighted by Crippen LogP contribution is 2.27. The predicted octanol–water partition coefficient (Wildman–Crippen LogP) is 2.36. The fourth-order valence-electron chi connectivity index (χ4n) is 1.70. The number of carbonyl (C=O) groups is 1. The van der Waals surface area contributed by atoms with Crippen molar-refractivity contribution in [3.05, 3.63) is 45.9 Å². The molecule has 5 nitrogen and oxygen atoms in total. The number of aryl methyl sites for hydroxylation is 1. The van der Waals surface area contributed by atoms with Gasteiger partial charge in [-0.1, -0.05) is 0 Å². The summed E-state index contributed by atoms with van der Waals surface area (Å²) in [5, 5.41) is 2.44. The number of nitrogens with one attached hydrogen (secondary N) is 2. The molecular formula is C13H13FN2O3S2. The Morgan fingerprint density at radius 3 is 2.43 bits per heavy atom. The third kappa shape index (κ3) is 3.40. The van der Waals surface area contributed by atoms with Crippen LogP contribution in [0.3, 0.4) is 0 Å². The average Bonchev–Trinajstić information content (AvgIpc) is 2.83. The molecule has 0 unspecified atom stereocenters. The minimum absolute atomic E-state index is 0.0374. The highest BCUT2D eigenvalue weighted by molar-refractivity contribution is 7.93. The Bertz CT molecular complexity index is 767. The molecule has 2 N–H and O–H groups in total. The molecule has 0 atom stereocenters. The molecule has 1 aromatic heterocycles. The largest absolute Gasteiger partial charge is 0.354 e. The van der Waals surface area contributed by atoms with Gasteiger partial charge < -0.3 is 5.32 Å². The first kappa shape index (κ1) is 15.5. The van der Waals surface area contributed by atoms with E-state index in [2.05, 4.69) is 10.0 Å². The van der Waals surface area contributed by atoms with E-state index in [0.717, 1.165) is 23.5 Å². The molecular weight excluding hydrogens is 315 g/mol. The zero-order valence-corrected chi connectivity index (χ0v) is 12.9. The number of thiophene rings is 1. The average molecular weight is 328 g/mol. The first-order chi connectivity index (χ1) is 9.83. The quantitative estimate of drug-likeness (QED) is 0.905. The number of benzene rings is 1. The molecule has 8 heteroatoms. The van der Waals surface area contributed by atoms with Crippen molar-refractivity contribution >= 4 is 33.0 Å². The lowest BCUT2D eigenvalue weighted by atomic mass is 10.3. The Balaban J connectivity index is 2.33. The van der Waals surface area contributed by atoms with E-state index >= 15 is 0 Å². The Morgan fingerprint density at radius 2 is 1.86 bits per heavy atom. The van der Waals surface area contributed by atoms with Crippen LogP contribution in [0.25, 0.3) is 0 Å². The molecule has 1 heterocycles. The monoisotopic (exact) mass is 328 g/mol. The number of hydrogen-bond donors (Lipinski definition) is 2. The summed E-state index contributed by atoms with van der Waals surface area (Å²) in [6, 6.07) is 6.30. The molecule has 0 saturated heterocycles. The maximum atomic E-state index is 12.8. The van der Waals surface area contributed by atoms with Crippen molar-refractivity contribution < 1.29 is 17.6 Å². The van der Waals surface area contributed by atoms with Crippen LogP contribution < -0.4 is 10.0 Å². The van der Waals surface area contributed by atoms with Gasteiger partial charge in [-0.15, -0.1) is 11.3 Å². The van der Waals surface area contributed by atoms with Crippen molar-refractivity contribution in [1.82, 2.24) is 5.32 Å². The fraction of sp³-hybridized carbons (Fsp3) is 0.154. The standard InChI is InChI=1S/C13H13FN2O3S2/c1-8-12(7-11(20-8)13(17)15-2)21(18,19)16-10-5-3-9(14)4-6-10/h3-7,16H,1-2H3,(H,15,17). The zero-order chi connectivity index (χ0) is 15.6. The topological polar surface area (TPSA) is 75.3 Å². The predicted molar refractivity (Wildman–Crippen MR) is 79.7 cm³/mol.